The van der Waals surface area contributed by atoms with Crippen molar-refractivity contribution >= 4 is 94.1 Å². The lowest BCUT2D eigenvalue weighted by atomic mass is 9.89. The van der Waals surface area contributed by atoms with Crippen LogP contribution in [-0.4, -0.2) is 221 Å². The van der Waals surface area contributed by atoms with Crippen molar-refractivity contribution in [1.29, 1.82) is 0 Å². The number of nitrogens with two attached hydrogens (primary N) is 1. The maximum atomic E-state index is 14.2. The molecule has 0 radical (unpaired) electrons. The number of piperazine rings is 1. The molecule has 7 rings (SSSR count). The highest BCUT2D eigenvalue weighted by Gasteiger charge is 2.48. The number of ketones is 3. The van der Waals surface area contributed by atoms with Crippen molar-refractivity contribution in [2.75, 3.05) is 104 Å². The second-order valence-electron chi connectivity index (χ2n) is 31.1. The van der Waals surface area contributed by atoms with E-state index in [0.717, 1.165) is 16.0 Å². The first-order chi connectivity index (χ1) is 55.4. The molecule has 3 aromatic rings. The van der Waals surface area contributed by atoms with Crippen molar-refractivity contribution in [1.82, 2.24) is 41.3 Å². The number of urea groups is 1. The average Bonchev–Trinajstić information content (AvgIpc) is 1.63. The van der Waals surface area contributed by atoms with Crippen molar-refractivity contribution in [3.8, 4) is 11.5 Å². The highest BCUT2D eigenvalue weighted by atomic mass is 35.5. The summed E-state index contributed by atoms with van der Waals surface area (Å²) in [5.74, 6) is -5.47. The van der Waals surface area contributed by atoms with Crippen LogP contribution in [0.1, 0.15) is 161 Å². The van der Waals surface area contributed by atoms with Crippen LogP contribution < -0.4 is 47.1 Å². The van der Waals surface area contributed by atoms with Crippen LogP contribution in [0.3, 0.4) is 0 Å². The lowest BCUT2D eigenvalue weighted by molar-refractivity contribution is -0.157. The Morgan fingerprint density at radius 3 is 2.02 bits per heavy atom. The molecule has 116 heavy (non-hydrogen) atoms. The summed E-state index contributed by atoms with van der Waals surface area (Å²) in [6.45, 7) is 18.1. The number of nitrogens with one attached hydrogen (secondary N) is 6. The quantitative estimate of drug-likeness (QED) is 0.0125. The number of Topliss-reactive ketones (excluding diaryl/α,β-unsaturated/α-hetero) is 3. The molecule has 2 saturated heterocycles. The second-order valence-corrected chi connectivity index (χ2v) is 31.5. The summed E-state index contributed by atoms with van der Waals surface area (Å²) in [6, 6.07) is 14.2. The molecule has 4 aliphatic rings. The fourth-order valence-corrected chi connectivity index (χ4v) is 13.7. The minimum atomic E-state index is -1.18. The Balaban J connectivity index is 0.903. The van der Waals surface area contributed by atoms with E-state index < -0.39 is 95.0 Å². The SMILES string of the molecule is COc1ccc(C[C@H]2NC(=O)/C=C/C[C@@H]([C@H](C)[C@H]3O[C@@H]3c3ccc(CN4CCN(C(=O)OCc5ccc(NC(=O)[C@H](CCCNC(N)=O)CC(=O)[C@@H](NC(C)=O)C(C)C)cc5OCC(=O)CCCCOCCOCCOCCCCC(=O)CCN5C(=O)C=CC5=O)CC4)cc3)OC(=O)[C@H](CC(C)C)NC(=O)C(C)(C)CNC2=O)cc1Cl. The minimum absolute atomic E-state index is 0.0102. The predicted octanol–water partition coefficient (Wildman–Crippen LogP) is 7.50. The van der Waals surface area contributed by atoms with Gasteiger partial charge in [0, 0.05) is 152 Å². The average molecular weight is 1640 g/mol. The molecule has 0 aliphatic carbocycles. The van der Waals surface area contributed by atoms with Gasteiger partial charge in [0.05, 0.1) is 56.1 Å². The molecule has 31 nitrogen and oxygen atoms in total. The topological polar surface area (TPSA) is 407 Å². The molecule has 8 atom stereocenters. The maximum Gasteiger partial charge on any atom is 0.410 e. The third-order valence-corrected chi connectivity index (χ3v) is 20.6. The van der Waals surface area contributed by atoms with E-state index in [4.69, 9.17) is 55.2 Å². The molecule has 4 heterocycles. The Kier molecular flexibility index (Phi) is 38.3. The van der Waals surface area contributed by atoms with Gasteiger partial charge in [-0.15, -0.1) is 0 Å². The number of carbonyl (C=O) groups excluding carboxylic acids is 13. The Morgan fingerprint density at radius 2 is 1.39 bits per heavy atom. The molecule has 636 valence electrons. The molecule has 4 aliphatic heterocycles. The van der Waals surface area contributed by atoms with Crippen molar-refractivity contribution in [3.63, 3.8) is 0 Å². The van der Waals surface area contributed by atoms with Gasteiger partial charge in [-0.3, -0.25) is 57.7 Å². The zero-order valence-electron chi connectivity index (χ0n) is 68.2. The number of cyclic esters (lactones) is 1. The summed E-state index contributed by atoms with van der Waals surface area (Å²) in [5.41, 5.74) is 7.34. The number of methoxy groups -OCH3 is 1. The number of anilines is 1. The van der Waals surface area contributed by atoms with E-state index in [0.29, 0.717) is 133 Å². The molecular weight excluding hydrogens is 1520 g/mol. The minimum Gasteiger partial charge on any atom is -0.495 e. The maximum absolute atomic E-state index is 14.2. The number of amides is 10. The van der Waals surface area contributed by atoms with E-state index in [1.54, 1.807) is 69.0 Å². The number of benzene rings is 3. The number of imide groups is 1. The number of hydrogen-bond donors (Lipinski definition) is 7. The predicted molar refractivity (Wildman–Crippen MR) is 429 cm³/mol. The van der Waals surface area contributed by atoms with Crippen molar-refractivity contribution in [2.45, 2.75) is 188 Å². The largest absolute Gasteiger partial charge is 0.495 e. The first-order valence-electron chi connectivity index (χ1n) is 40.0. The van der Waals surface area contributed by atoms with Gasteiger partial charge < -0.3 is 80.4 Å². The number of ether oxygens (including phenoxy) is 8. The Labute approximate surface area is 683 Å². The zero-order chi connectivity index (χ0) is 84.4. The standard InChI is InChI=1S/C84H117ClN10O21/c1-53(2)44-67-80(105)115-69(19-14-20-72(100)91-66(46-58-23-28-70(109-9)65(85)45-58)79(104)88-52-84(7,8)81(106)92-67)55(5)76-77(116-76)59-24-21-57(22-25-59)49-93-34-36-94(37-35-93)83(108)114-50-61-26-27-62(90-78(103)60(16-15-32-87-82(86)107)47-68(99)75(54(3)4)89-56(6)96)48-71(61)113-51-64(98)18-11-13-39-111-41-43-112-42-40-110-38-12-10-17-63(97)31-33-95-73(101)29-30-74(95)102/h14,20-30,45,48,53-55,60,66-67,69,75-77H,10-13,15-19,31-44,46-47,49-52H2,1-9H3,(H,88,104)(H,89,96)(H,90,103)(H,91,100)(H,92,106)(H3,86,87,107)/b20-14+/t55-,60+,66+,67-,69-,75-,76+,77+/m0/s1. The second kappa shape index (κ2) is 47.5. The van der Waals surface area contributed by atoms with Gasteiger partial charge in [-0.2, -0.15) is 0 Å². The normalized spacial score (nSPS) is 19.7. The van der Waals surface area contributed by atoms with Crippen LogP contribution in [0.25, 0.3) is 0 Å². The van der Waals surface area contributed by atoms with Gasteiger partial charge in [-0.25, -0.2) is 14.4 Å². The third kappa shape index (κ3) is 31.7. The van der Waals surface area contributed by atoms with Gasteiger partial charge in [-0.05, 0) is 118 Å². The van der Waals surface area contributed by atoms with Crippen LogP contribution in [-0.2, 0) is 101 Å². The number of esters is 1. The van der Waals surface area contributed by atoms with Gasteiger partial charge in [0.25, 0.3) is 11.8 Å². The lowest BCUT2D eigenvalue weighted by Crippen LogP contribution is -2.54. The number of rotatable bonds is 45. The monoisotopic (exact) mass is 1640 g/mol. The van der Waals surface area contributed by atoms with Gasteiger partial charge in [-0.1, -0.05) is 82.6 Å². The summed E-state index contributed by atoms with van der Waals surface area (Å²) in [6.07, 6.45) is 6.95. The number of nitrogens with zero attached hydrogens (tertiary/aromatic N) is 3. The molecule has 10 amide bonds. The van der Waals surface area contributed by atoms with Crippen LogP contribution in [0.4, 0.5) is 15.3 Å². The fraction of sp³-hybridized carbons (Fsp3) is 0.583. The number of primary amides is 1. The number of unbranched alkanes of at least 4 members (excludes halogenated alkanes) is 2. The van der Waals surface area contributed by atoms with Gasteiger partial charge in [0.2, 0.25) is 29.5 Å². The number of epoxide rings is 1. The molecule has 0 saturated carbocycles. The molecular formula is C84H117ClN10O21. The van der Waals surface area contributed by atoms with Crippen molar-refractivity contribution in [2.24, 2.45) is 34.8 Å². The summed E-state index contributed by atoms with van der Waals surface area (Å²) >= 11 is 6.43. The first-order valence-corrected chi connectivity index (χ1v) is 40.4. The third-order valence-electron chi connectivity index (χ3n) is 20.3. The Morgan fingerprint density at radius 1 is 0.733 bits per heavy atom. The van der Waals surface area contributed by atoms with Crippen LogP contribution in [0.5, 0.6) is 11.5 Å². The number of hydrogen-bond acceptors (Lipinski definition) is 22. The molecule has 32 heteroatoms. The van der Waals surface area contributed by atoms with Gasteiger partial charge in [0.15, 0.2) is 11.6 Å². The molecule has 8 N–H and O–H groups in total. The molecule has 0 aromatic heterocycles. The first kappa shape index (κ1) is 93.5. The van der Waals surface area contributed by atoms with E-state index >= 15 is 0 Å². The fourth-order valence-electron chi connectivity index (χ4n) is 13.4. The zero-order valence-corrected chi connectivity index (χ0v) is 69.0. The molecule has 0 unspecified atom stereocenters. The molecule has 2 fully saturated rings. The van der Waals surface area contributed by atoms with E-state index in [9.17, 15) is 62.3 Å². The number of halogens is 1. The Hall–Kier alpha value is -9.66. The van der Waals surface area contributed by atoms with Crippen LogP contribution in [0, 0.1) is 29.1 Å². The van der Waals surface area contributed by atoms with Crippen LogP contribution >= 0.6 is 11.6 Å². The summed E-state index contributed by atoms with van der Waals surface area (Å²) in [5, 5.41) is 16.9. The Bertz CT molecular complexity index is 3900. The molecule has 0 bridgehead atoms. The lowest BCUT2D eigenvalue weighted by Gasteiger charge is -2.34. The molecule has 3 aromatic carbocycles. The highest BCUT2D eigenvalue weighted by molar-refractivity contribution is 6.32. The smallest absolute Gasteiger partial charge is 0.410 e. The highest BCUT2D eigenvalue weighted by Crippen LogP contribution is 2.45. The van der Waals surface area contributed by atoms with Crippen LogP contribution in [0.2, 0.25) is 5.02 Å². The summed E-state index contributed by atoms with van der Waals surface area (Å²) in [7, 11) is 1.49. The van der Waals surface area contributed by atoms with Gasteiger partial charge >= 0.3 is 18.1 Å². The molecule has 0 spiro atoms. The van der Waals surface area contributed by atoms with Crippen molar-refractivity contribution in [3.05, 3.63) is 112 Å². The number of carbonyl (C=O) groups is 13. The van der Waals surface area contributed by atoms with Gasteiger partial charge in [0.1, 0.15) is 54.8 Å². The van der Waals surface area contributed by atoms with E-state index in [-0.39, 0.29) is 137 Å². The van der Waals surface area contributed by atoms with Crippen LogP contribution in [0.15, 0.2) is 85.0 Å². The summed E-state index contributed by atoms with van der Waals surface area (Å²) in [4.78, 5) is 174. The summed E-state index contributed by atoms with van der Waals surface area (Å²) < 4.78 is 46.8. The van der Waals surface area contributed by atoms with E-state index in [1.165, 1.54) is 38.3 Å². The van der Waals surface area contributed by atoms with Crippen molar-refractivity contribution < 1.29 is 100 Å². The van der Waals surface area contributed by atoms with E-state index in [2.05, 4.69) is 36.8 Å². The van der Waals surface area contributed by atoms with E-state index in [1.807, 2.05) is 45.0 Å².